The molecule has 4 rings (SSSR count). The third-order valence-electron chi connectivity index (χ3n) is 5.38. The minimum atomic E-state index is -0.360. The molecule has 1 atom stereocenters. The Morgan fingerprint density at radius 1 is 0.613 bits per heavy atom. The minimum absolute atomic E-state index is 0.360. The highest BCUT2D eigenvalue weighted by atomic mass is 16.5. The predicted octanol–water partition coefficient (Wildman–Crippen LogP) is 6.17. The minimum Gasteiger partial charge on any atom is -0.493 e. The van der Waals surface area contributed by atoms with E-state index < -0.39 is 0 Å². The molecule has 0 N–H and O–H groups in total. The first-order valence-electron chi connectivity index (χ1n) is 10.2. The molecule has 0 aromatic heterocycles. The van der Waals surface area contributed by atoms with Crippen LogP contribution in [-0.2, 0) is 11.3 Å². The van der Waals surface area contributed by atoms with Crippen LogP contribution < -0.4 is 14.2 Å². The van der Waals surface area contributed by atoms with E-state index in [-0.39, 0.29) is 6.10 Å². The van der Waals surface area contributed by atoms with Gasteiger partial charge in [0.15, 0.2) is 11.5 Å². The molecule has 0 saturated heterocycles. The monoisotopic (exact) mass is 414 g/mol. The number of hydrogen-bond acceptors (Lipinski definition) is 4. The summed E-state index contributed by atoms with van der Waals surface area (Å²) >= 11 is 0. The molecule has 0 heterocycles. The van der Waals surface area contributed by atoms with Crippen LogP contribution >= 0.6 is 0 Å². The van der Waals surface area contributed by atoms with E-state index in [1.165, 1.54) is 0 Å². The topological polar surface area (TPSA) is 36.9 Å². The molecule has 0 aliphatic rings. The fraction of sp³-hybridized carbons (Fsp3) is 0.185. The zero-order valence-corrected chi connectivity index (χ0v) is 18.0. The van der Waals surface area contributed by atoms with Crippen molar-refractivity contribution in [1.82, 2.24) is 0 Å². The normalized spacial score (nSPS) is 11.8. The van der Waals surface area contributed by atoms with Gasteiger partial charge in [0, 0.05) is 5.56 Å². The molecule has 0 aliphatic carbocycles. The van der Waals surface area contributed by atoms with Crippen molar-refractivity contribution in [3.63, 3.8) is 0 Å². The molecule has 0 amide bonds. The van der Waals surface area contributed by atoms with Crippen LogP contribution in [0.4, 0.5) is 0 Å². The van der Waals surface area contributed by atoms with E-state index >= 15 is 0 Å². The molecule has 0 spiro atoms. The van der Waals surface area contributed by atoms with Gasteiger partial charge in [-0.1, -0.05) is 72.8 Å². The summed E-state index contributed by atoms with van der Waals surface area (Å²) in [4.78, 5) is 0. The van der Waals surface area contributed by atoms with Gasteiger partial charge in [-0.2, -0.15) is 0 Å². The summed E-state index contributed by atoms with van der Waals surface area (Å²) in [6.45, 7) is 0.465. The smallest absolute Gasteiger partial charge is 0.203 e. The van der Waals surface area contributed by atoms with E-state index in [0.717, 1.165) is 27.5 Å². The van der Waals surface area contributed by atoms with Gasteiger partial charge in [0.1, 0.15) is 6.10 Å². The van der Waals surface area contributed by atoms with Crippen molar-refractivity contribution in [2.45, 2.75) is 12.7 Å². The zero-order chi connectivity index (χ0) is 21.6. The third kappa shape index (κ3) is 4.21. The lowest BCUT2D eigenvalue weighted by atomic mass is 9.94. The van der Waals surface area contributed by atoms with E-state index in [0.29, 0.717) is 23.9 Å². The van der Waals surface area contributed by atoms with Gasteiger partial charge in [-0.15, -0.1) is 0 Å². The van der Waals surface area contributed by atoms with Gasteiger partial charge in [-0.3, -0.25) is 0 Å². The van der Waals surface area contributed by atoms with Gasteiger partial charge in [0.05, 0.1) is 27.9 Å². The molecule has 4 aromatic carbocycles. The first kappa shape index (κ1) is 20.8. The Balaban J connectivity index is 1.87. The van der Waals surface area contributed by atoms with E-state index in [4.69, 9.17) is 18.9 Å². The molecule has 0 radical (unpaired) electrons. The Kier molecular flexibility index (Phi) is 6.39. The molecule has 0 saturated carbocycles. The Hall–Kier alpha value is -3.50. The predicted molar refractivity (Wildman–Crippen MR) is 123 cm³/mol. The summed E-state index contributed by atoms with van der Waals surface area (Å²) in [5.41, 5.74) is 3.05. The van der Waals surface area contributed by atoms with Gasteiger partial charge in [0.25, 0.3) is 0 Å². The van der Waals surface area contributed by atoms with E-state index in [1.54, 1.807) is 21.3 Å². The van der Waals surface area contributed by atoms with Crippen LogP contribution in [0.1, 0.15) is 22.8 Å². The second kappa shape index (κ2) is 9.54. The lowest BCUT2D eigenvalue weighted by Crippen LogP contribution is -2.10. The van der Waals surface area contributed by atoms with Crippen LogP contribution in [0.15, 0.2) is 84.9 Å². The Bertz CT molecular complexity index is 1150. The van der Waals surface area contributed by atoms with Crippen LogP contribution in [0.5, 0.6) is 17.2 Å². The van der Waals surface area contributed by atoms with Crippen molar-refractivity contribution in [2.24, 2.45) is 0 Å². The second-order valence-corrected chi connectivity index (χ2v) is 7.17. The van der Waals surface area contributed by atoms with Gasteiger partial charge in [0.2, 0.25) is 5.75 Å². The maximum Gasteiger partial charge on any atom is 0.203 e. The second-order valence-electron chi connectivity index (χ2n) is 7.17. The molecule has 0 bridgehead atoms. The van der Waals surface area contributed by atoms with Crippen LogP contribution in [0.2, 0.25) is 0 Å². The SMILES string of the molecule is COc1ccc(C(OCc2ccccc2)c2cccc3ccccc23)c(OC)c1OC. The zero-order valence-electron chi connectivity index (χ0n) is 18.0. The Morgan fingerprint density at radius 3 is 2.06 bits per heavy atom. The summed E-state index contributed by atoms with van der Waals surface area (Å²) in [6, 6.07) is 28.6. The van der Waals surface area contributed by atoms with Gasteiger partial charge in [-0.25, -0.2) is 0 Å². The average molecular weight is 415 g/mol. The largest absolute Gasteiger partial charge is 0.493 e. The molecular weight excluding hydrogens is 388 g/mol. The van der Waals surface area contributed by atoms with Crippen LogP contribution in [-0.4, -0.2) is 21.3 Å². The Morgan fingerprint density at radius 2 is 1.32 bits per heavy atom. The maximum absolute atomic E-state index is 6.55. The van der Waals surface area contributed by atoms with Gasteiger partial charge in [-0.05, 0) is 34.0 Å². The number of rotatable bonds is 8. The highest BCUT2D eigenvalue weighted by Gasteiger charge is 2.25. The lowest BCUT2D eigenvalue weighted by molar-refractivity contribution is 0.0656. The highest BCUT2D eigenvalue weighted by molar-refractivity contribution is 5.86. The van der Waals surface area contributed by atoms with Crippen molar-refractivity contribution < 1.29 is 18.9 Å². The fourth-order valence-electron chi connectivity index (χ4n) is 3.91. The highest BCUT2D eigenvalue weighted by Crippen LogP contribution is 2.45. The fourth-order valence-corrected chi connectivity index (χ4v) is 3.91. The summed E-state index contributed by atoms with van der Waals surface area (Å²) in [6.07, 6.45) is -0.360. The number of methoxy groups -OCH3 is 3. The number of fused-ring (bicyclic) bond motifs is 1. The molecule has 158 valence electrons. The van der Waals surface area contributed by atoms with Crippen molar-refractivity contribution in [2.75, 3.05) is 21.3 Å². The quantitative estimate of drug-likeness (QED) is 0.345. The molecule has 31 heavy (non-hydrogen) atoms. The number of ether oxygens (including phenoxy) is 4. The first-order valence-corrected chi connectivity index (χ1v) is 10.2. The number of hydrogen-bond donors (Lipinski definition) is 0. The molecule has 4 heteroatoms. The van der Waals surface area contributed by atoms with Crippen LogP contribution in [0.3, 0.4) is 0 Å². The van der Waals surface area contributed by atoms with Crippen molar-refractivity contribution >= 4 is 10.8 Å². The summed E-state index contributed by atoms with van der Waals surface area (Å²) < 4.78 is 23.4. The first-order chi connectivity index (χ1) is 15.3. The standard InChI is InChI=1S/C27H26O4/c1-28-24-17-16-23(26(29-2)27(24)30-3)25(31-18-19-10-5-4-6-11-19)22-15-9-13-20-12-7-8-14-21(20)22/h4-17,25H,18H2,1-3H3. The van der Waals surface area contributed by atoms with Gasteiger partial charge >= 0.3 is 0 Å². The average Bonchev–Trinajstić information content (AvgIpc) is 2.84. The van der Waals surface area contributed by atoms with Crippen molar-refractivity contribution in [3.05, 3.63) is 102 Å². The molecule has 4 nitrogen and oxygen atoms in total. The summed E-state index contributed by atoms with van der Waals surface area (Å²) in [7, 11) is 4.87. The van der Waals surface area contributed by atoms with Crippen LogP contribution in [0, 0.1) is 0 Å². The van der Waals surface area contributed by atoms with Crippen molar-refractivity contribution in [1.29, 1.82) is 0 Å². The van der Waals surface area contributed by atoms with E-state index in [2.05, 4.69) is 42.5 Å². The number of benzene rings is 4. The van der Waals surface area contributed by atoms with E-state index in [1.807, 2.05) is 42.5 Å². The van der Waals surface area contributed by atoms with Crippen LogP contribution in [0.25, 0.3) is 10.8 Å². The van der Waals surface area contributed by atoms with Crippen molar-refractivity contribution in [3.8, 4) is 17.2 Å². The molecule has 0 aliphatic heterocycles. The summed E-state index contributed by atoms with van der Waals surface area (Å²) in [5, 5.41) is 2.30. The molecule has 0 fully saturated rings. The molecule has 4 aromatic rings. The lowest BCUT2D eigenvalue weighted by Gasteiger charge is -2.24. The maximum atomic E-state index is 6.55. The third-order valence-corrected chi connectivity index (χ3v) is 5.38. The Labute approximate surface area is 183 Å². The molecule has 1 unspecified atom stereocenters. The molecular formula is C27H26O4. The van der Waals surface area contributed by atoms with E-state index in [9.17, 15) is 0 Å². The summed E-state index contributed by atoms with van der Waals surface area (Å²) in [5.74, 6) is 1.77. The van der Waals surface area contributed by atoms with Gasteiger partial charge < -0.3 is 18.9 Å².